The second kappa shape index (κ2) is 11.6. The number of nitrogens with zero attached hydrogens (tertiary/aromatic N) is 3. The van der Waals surface area contributed by atoms with Crippen molar-refractivity contribution in [2.75, 3.05) is 22.6 Å². The van der Waals surface area contributed by atoms with Crippen molar-refractivity contribution in [1.29, 1.82) is 0 Å². The highest BCUT2D eigenvalue weighted by atomic mass is 35.5. The van der Waals surface area contributed by atoms with Crippen LogP contribution >= 0.6 is 23.2 Å². The molecule has 0 aliphatic rings. The first-order chi connectivity index (χ1) is 18.1. The molecule has 1 aromatic heterocycles. The standard InChI is InChI=1S/C26H20Cl2F3N5O2/c1-38-19-11-17(26(29,30)31)10-18(12-19)36(14-16-6-3-2-4-7-16)23-13-22(32-15-33-23)34-25(37)35-24-20(27)8-5-9-21(24)28/h2-13,15H,14H2,1H3,(H2,32,33,34,35,37). The zero-order valence-electron chi connectivity index (χ0n) is 19.8. The summed E-state index contributed by atoms with van der Waals surface area (Å²) in [5.41, 5.74) is 0.318. The molecule has 0 atom stereocenters. The first kappa shape index (κ1) is 27.0. The minimum absolute atomic E-state index is 0.0243. The van der Waals surface area contributed by atoms with Crippen molar-refractivity contribution in [3.8, 4) is 5.75 Å². The molecule has 0 aliphatic heterocycles. The summed E-state index contributed by atoms with van der Waals surface area (Å²) in [4.78, 5) is 22.5. The van der Waals surface area contributed by atoms with Gasteiger partial charge in [-0.2, -0.15) is 13.2 Å². The van der Waals surface area contributed by atoms with E-state index in [1.165, 1.54) is 25.6 Å². The number of benzene rings is 3. The van der Waals surface area contributed by atoms with E-state index in [4.69, 9.17) is 27.9 Å². The van der Waals surface area contributed by atoms with Crippen LogP contribution in [0.5, 0.6) is 5.75 Å². The summed E-state index contributed by atoms with van der Waals surface area (Å²) in [5, 5.41) is 5.60. The number of halogens is 5. The summed E-state index contributed by atoms with van der Waals surface area (Å²) in [5.74, 6) is 0.347. The van der Waals surface area contributed by atoms with Gasteiger partial charge in [0, 0.05) is 24.4 Å². The Kier molecular flexibility index (Phi) is 8.23. The van der Waals surface area contributed by atoms with Crippen LogP contribution in [0.15, 0.2) is 79.1 Å². The molecule has 0 aliphatic carbocycles. The maximum Gasteiger partial charge on any atom is 0.416 e. The molecular weight excluding hydrogens is 542 g/mol. The quantitative estimate of drug-likeness (QED) is 0.240. The van der Waals surface area contributed by atoms with E-state index >= 15 is 0 Å². The number of urea groups is 1. The largest absolute Gasteiger partial charge is 0.497 e. The summed E-state index contributed by atoms with van der Waals surface area (Å²) in [6, 6.07) is 18.0. The molecule has 1 heterocycles. The van der Waals surface area contributed by atoms with Crippen LogP contribution in [0.1, 0.15) is 11.1 Å². The second-order valence-corrected chi connectivity index (χ2v) is 8.74. The Morgan fingerprint density at radius 2 is 1.66 bits per heavy atom. The number of rotatable bonds is 7. The van der Waals surface area contributed by atoms with Crippen molar-refractivity contribution in [1.82, 2.24) is 9.97 Å². The summed E-state index contributed by atoms with van der Waals surface area (Å²) >= 11 is 12.2. The van der Waals surface area contributed by atoms with Crippen molar-refractivity contribution in [2.24, 2.45) is 0 Å². The van der Waals surface area contributed by atoms with Gasteiger partial charge in [0.05, 0.1) is 28.4 Å². The molecule has 0 radical (unpaired) electrons. The number of alkyl halides is 3. The molecule has 0 spiro atoms. The summed E-state index contributed by atoms with van der Waals surface area (Å²) in [7, 11) is 1.29. The van der Waals surface area contributed by atoms with E-state index in [-0.39, 0.29) is 45.4 Å². The number of amides is 2. The number of carbonyl (C=O) groups is 1. The normalized spacial score (nSPS) is 11.1. The average molecular weight is 562 g/mol. The summed E-state index contributed by atoms with van der Waals surface area (Å²) in [6.07, 6.45) is -3.41. The van der Waals surface area contributed by atoms with E-state index in [1.807, 2.05) is 30.3 Å². The summed E-state index contributed by atoms with van der Waals surface area (Å²) in [6.45, 7) is 0.170. The average Bonchev–Trinajstić information content (AvgIpc) is 2.89. The fourth-order valence-electron chi connectivity index (χ4n) is 3.53. The highest BCUT2D eigenvalue weighted by molar-refractivity contribution is 6.39. The summed E-state index contributed by atoms with van der Waals surface area (Å²) < 4.78 is 46.1. The lowest BCUT2D eigenvalue weighted by atomic mass is 10.1. The molecule has 0 saturated carbocycles. The van der Waals surface area contributed by atoms with Crippen molar-refractivity contribution in [3.63, 3.8) is 0 Å². The fourth-order valence-corrected chi connectivity index (χ4v) is 4.02. The van der Waals surface area contributed by atoms with Gasteiger partial charge in [0.1, 0.15) is 23.7 Å². The van der Waals surface area contributed by atoms with Crippen LogP contribution in [0, 0.1) is 0 Å². The lowest BCUT2D eigenvalue weighted by molar-refractivity contribution is -0.137. The molecule has 2 N–H and O–H groups in total. The Labute approximate surface area is 226 Å². The fraction of sp³-hybridized carbons (Fsp3) is 0.115. The van der Waals surface area contributed by atoms with Crippen molar-refractivity contribution < 1.29 is 22.7 Å². The zero-order valence-corrected chi connectivity index (χ0v) is 21.3. The number of hydrogen-bond acceptors (Lipinski definition) is 5. The number of aromatic nitrogens is 2. The molecule has 0 fully saturated rings. The first-order valence-corrected chi connectivity index (χ1v) is 11.8. The van der Waals surface area contributed by atoms with E-state index < -0.39 is 17.8 Å². The van der Waals surface area contributed by atoms with Crippen LogP contribution < -0.4 is 20.3 Å². The minimum atomic E-state index is -4.60. The van der Waals surface area contributed by atoms with Gasteiger partial charge in [-0.05, 0) is 29.8 Å². The lowest BCUT2D eigenvalue weighted by Gasteiger charge is -2.26. The predicted octanol–water partition coefficient (Wildman–Crippen LogP) is 7.79. The van der Waals surface area contributed by atoms with Gasteiger partial charge < -0.3 is 15.0 Å². The maximum atomic E-state index is 13.6. The van der Waals surface area contributed by atoms with Gasteiger partial charge >= 0.3 is 12.2 Å². The third kappa shape index (κ3) is 6.64. The Hall–Kier alpha value is -4.02. The van der Waals surface area contributed by atoms with Gasteiger partial charge in [0.15, 0.2) is 0 Å². The third-order valence-electron chi connectivity index (χ3n) is 5.32. The highest BCUT2D eigenvalue weighted by Crippen LogP contribution is 2.38. The molecule has 12 heteroatoms. The van der Waals surface area contributed by atoms with Crippen LogP contribution in [0.25, 0.3) is 0 Å². The van der Waals surface area contributed by atoms with Crippen LogP contribution in [0.2, 0.25) is 10.0 Å². The molecule has 0 bridgehead atoms. The number of hydrogen-bond donors (Lipinski definition) is 2. The molecule has 2 amide bonds. The smallest absolute Gasteiger partial charge is 0.416 e. The van der Waals surface area contributed by atoms with Gasteiger partial charge in [-0.15, -0.1) is 0 Å². The van der Waals surface area contributed by atoms with E-state index in [0.717, 1.165) is 17.7 Å². The monoisotopic (exact) mass is 561 g/mol. The van der Waals surface area contributed by atoms with Gasteiger partial charge in [-0.3, -0.25) is 5.32 Å². The second-order valence-electron chi connectivity index (χ2n) is 7.93. The molecule has 3 aromatic carbocycles. The Balaban J connectivity index is 1.69. The van der Waals surface area contributed by atoms with E-state index in [2.05, 4.69) is 20.6 Å². The molecule has 196 valence electrons. The Bertz CT molecular complexity index is 1420. The number of anilines is 4. The van der Waals surface area contributed by atoms with E-state index in [1.54, 1.807) is 23.1 Å². The number of methoxy groups -OCH3 is 1. The Morgan fingerprint density at radius 3 is 2.32 bits per heavy atom. The predicted molar refractivity (Wildman–Crippen MR) is 141 cm³/mol. The minimum Gasteiger partial charge on any atom is -0.497 e. The molecular formula is C26H20Cl2F3N5O2. The van der Waals surface area contributed by atoms with E-state index in [9.17, 15) is 18.0 Å². The molecule has 7 nitrogen and oxygen atoms in total. The molecule has 38 heavy (non-hydrogen) atoms. The highest BCUT2D eigenvalue weighted by Gasteiger charge is 2.32. The van der Waals surface area contributed by atoms with Gasteiger partial charge in [0.2, 0.25) is 0 Å². The van der Waals surface area contributed by atoms with Gasteiger partial charge in [-0.1, -0.05) is 59.6 Å². The van der Waals surface area contributed by atoms with Crippen molar-refractivity contribution in [3.05, 3.63) is 100 Å². The first-order valence-electron chi connectivity index (χ1n) is 11.1. The van der Waals surface area contributed by atoms with Crippen LogP contribution in [-0.4, -0.2) is 23.1 Å². The van der Waals surface area contributed by atoms with Crippen LogP contribution in [-0.2, 0) is 12.7 Å². The number of nitrogens with one attached hydrogen (secondary N) is 2. The molecule has 4 rings (SSSR count). The van der Waals surface area contributed by atoms with E-state index in [0.29, 0.717) is 0 Å². The lowest BCUT2D eigenvalue weighted by Crippen LogP contribution is -2.22. The topological polar surface area (TPSA) is 79.4 Å². The SMILES string of the molecule is COc1cc(N(Cc2ccccc2)c2cc(NC(=O)Nc3c(Cl)cccc3Cl)ncn2)cc(C(F)(F)F)c1. The zero-order chi connectivity index (χ0) is 27.3. The number of para-hydroxylation sites is 1. The maximum absolute atomic E-state index is 13.6. The molecule has 4 aromatic rings. The van der Waals surface area contributed by atoms with Gasteiger partial charge in [0.25, 0.3) is 0 Å². The number of ether oxygens (including phenoxy) is 1. The molecule has 0 unspecified atom stereocenters. The van der Waals surface area contributed by atoms with Crippen molar-refractivity contribution in [2.45, 2.75) is 12.7 Å². The third-order valence-corrected chi connectivity index (χ3v) is 5.95. The van der Waals surface area contributed by atoms with Crippen LogP contribution in [0.4, 0.5) is 41.0 Å². The van der Waals surface area contributed by atoms with Crippen LogP contribution in [0.3, 0.4) is 0 Å². The Morgan fingerprint density at radius 1 is 0.947 bits per heavy atom. The number of carbonyl (C=O) groups excluding carboxylic acids is 1. The molecule has 0 saturated heterocycles. The van der Waals surface area contributed by atoms with Crippen molar-refractivity contribution >= 4 is 52.2 Å². The van der Waals surface area contributed by atoms with Gasteiger partial charge in [-0.25, -0.2) is 14.8 Å².